The average Bonchev–Trinajstić information content (AvgIpc) is 1.60. The second-order valence-corrected chi connectivity index (χ2v) is 4.30. The van der Waals surface area contributed by atoms with E-state index in [0.717, 1.165) is 5.92 Å². The molecule has 62 valence electrons. The largest absolute Gasteiger partial charge is 0.304 e. The second-order valence-electron chi connectivity index (χ2n) is 4.30. The fourth-order valence-electron chi connectivity index (χ4n) is 1.18. The summed E-state index contributed by atoms with van der Waals surface area (Å²) in [5.74, 6) is 0.789. The molecule has 0 aliphatic rings. The zero-order valence-corrected chi connectivity index (χ0v) is 8.23. The van der Waals surface area contributed by atoms with Crippen LogP contribution in [0, 0.1) is 5.92 Å². The van der Waals surface area contributed by atoms with Gasteiger partial charge in [0.25, 0.3) is 0 Å². The molecular weight excluding hydrogens is 122 g/mol. The molecule has 10 heavy (non-hydrogen) atoms. The molecule has 0 N–H and O–H groups in total. The van der Waals surface area contributed by atoms with Gasteiger partial charge in [-0.1, -0.05) is 13.8 Å². The molecule has 0 aliphatic heterocycles. The minimum Gasteiger partial charge on any atom is -0.304 e. The molecule has 0 heterocycles. The van der Waals surface area contributed by atoms with Crippen molar-refractivity contribution in [1.82, 2.24) is 4.90 Å². The van der Waals surface area contributed by atoms with Crippen LogP contribution in [0.3, 0.4) is 0 Å². The van der Waals surface area contributed by atoms with Crippen molar-refractivity contribution in [1.29, 1.82) is 0 Å². The predicted octanol–water partition coefficient (Wildman–Crippen LogP) is 2.37. The molecule has 0 aromatic rings. The van der Waals surface area contributed by atoms with Crippen molar-refractivity contribution < 1.29 is 0 Å². The van der Waals surface area contributed by atoms with Crippen LogP contribution in [0.2, 0.25) is 0 Å². The van der Waals surface area contributed by atoms with E-state index in [1.165, 1.54) is 6.42 Å². The third-order valence-electron chi connectivity index (χ3n) is 2.12. The number of nitrogens with zero attached hydrogens (tertiary/aromatic N) is 1. The molecule has 1 nitrogen and oxygen atoms in total. The number of hydrogen-bond acceptors (Lipinski definition) is 1. The van der Waals surface area contributed by atoms with Crippen LogP contribution in [-0.2, 0) is 0 Å². The van der Waals surface area contributed by atoms with Crippen LogP contribution < -0.4 is 0 Å². The normalized spacial score (nSPS) is 13.2. The van der Waals surface area contributed by atoms with Gasteiger partial charge in [-0.15, -0.1) is 0 Å². The zero-order chi connectivity index (χ0) is 8.36. The molecule has 0 bridgehead atoms. The van der Waals surface area contributed by atoms with E-state index in [2.05, 4.69) is 46.7 Å². The van der Waals surface area contributed by atoms with E-state index in [0.29, 0.717) is 5.54 Å². The highest BCUT2D eigenvalue weighted by molar-refractivity contribution is 4.77. The molecule has 0 aromatic carbocycles. The Hall–Kier alpha value is -0.0400. The van der Waals surface area contributed by atoms with Crippen LogP contribution in [0.5, 0.6) is 0 Å². The van der Waals surface area contributed by atoms with Gasteiger partial charge in [-0.2, -0.15) is 0 Å². The van der Waals surface area contributed by atoms with Crippen LogP contribution in [0.4, 0.5) is 0 Å². The summed E-state index contributed by atoms with van der Waals surface area (Å²) in [4.78, 5) is 2.28. The van der Waals surface area contributed by atoms with Crippen molar-refractivity contribution in [3.63, 3.8) is 0 Å². The van der Waals surface area contributed by atoms with Crippen LogP contribution in [0.25, 0.3) is 0 Å². The standard InChI is InChI=1S/C9H21N/c1-8(2)7-9(3,4)10(5)6/h8H,7H2,1-6H3. The fraction of sp³-hybridized carbons (Fsp3) is 1.00. The topological polar surface area (TPSA) is 3.24 Å². The van der Waals surface area contributed by atoms with Crippen LogP contribution in [-0.4, -0.2) is 24.5 Å². The van der Waals surface area contributed by atoms with Crippen LogP contribution in [0.1, 0.15) is 34.1 Å². The van der Waals surface area contributed by atoms with E-state index in [-0.39, 0.29) is 0 Å². The summed E-state index contributed by atoms with van der Waals surface area (Å²) < 4.78 is 0. The molecule has 0 radical (unpaired) electrons. The molecular formula is C9H21N. The van der Waals surface area contributed by atoms with Gasteiger partial charge in [-0.05, 0) is 40.3 Å². The highest BCUT2D eigenvalue weighted by Gasteiger charge is 2.20. The van der Waals surface area contributed by atoms with Gasteiger partial charge >= 0.3 is 0 Å². The van der Waals surface area contributed by atoms with Crippen molar-refractivity contribution >= 4 is 0 Å². The van der Waals surface area contributed by atoms with E-state index in [1.54, 1.807) is 0 Å². The molecule has 0 saturated carbocycles. The van der Waals surface area contributed by atoms with Crippen molar-refractivity contribution in [2.45, 2.75) is 39.7 Å². The summed E-state index contributed by atoms with van der Waals surface area (Å²) in [5, 5.41) is 0. The van der Waals surface area contributed by atoms with Crippen LogP contribution in [0.15, 0.2) is 0 Å². The lowest BCUT2D eigenvalue weighted by molar-refractivity contribution is 0.163. The smallest absolute Gasteiger partial charge is 0.0149 e. The molecule has 1 heteroatoms. The van der Waals surface area contributed by atoms with Gasteiger partial charge in [0.1, 0.15) is 0 Å². The Labute approximate surface area is 65.4 Å². The first kappa shape index (κ1) is 9.96. The minimum absolute atomic E-state index is 0.355. The highest BCUT2D eigenvalue weighted by Crippen LogP contribution is 2.19. The van der Waals surface area contributed by atoms with Gasteiger partial charge in [0.2, 0.25) is 0 Å². The molecule has 0 atom stereocenters. The summed E-state index contributed by atoms with van der Waals surface area (Å²) in [6, 6.07) is 0. The maximum atomic E-state index is 2.28. The predicted molar refractivity (Wildman–Crippen MR) is 47.2 cm³/mol. The van der Waals surface area contributed by atoms with E-state index in [9.17, 15) is 0 Å². The van der Waals surface area contributed by atoms with Gasteiger partial charge in [0.15, 0.2) is 0 Å². The SMILES string of the molecule is CC(C)CC(C)(C)N(C)C. The van der Waals surface area contributed by atoms with Gasteiger partial charge in [-0.3, -0.25) is 0 Å². The summed E-state index contributed by atoms with van der Waals surface area (Å²) in [6.45, 7) is 9.11. The first-order valence-electron chi connectivity index (χ1n) is 4.03. The maximum absolute atomic E-state index is 2.28. The van der Waals surface area contributed by atoms with Gasteiger partial charge in [-0.25, -0.2) is 0 Å². The van der Waals surface area contributed by atoms with Gasteiger partial charge in [0, 0.05) is 5.54 Å². The Bertz CT molecular complexity index is 92.9. The monoisotopic (exact) mass is 143 g/mol. The second kappa shape index (κ2) is 3.38. The quantitative estimate of drug-likeness (QED) is 0.586. The molecule has 0 amide bonds. The Kier molecular flexibility index (Phi) is 3.37. The van der Waals surface area contributed by atoms with Crippen molar-refractivity contribution in [2.75, 3.05) is 14.1 Å². The third kappa shape index (κ3) is 3.21. The molecule has 0 rings (SSSR count). The van der Waals surface area contributed by atoms with E-state index >= 15 is 0 Å². The Morgan fingerprint density at radius 3 is 1.70 bits per heavy atom. The van der Waals surface area contributed by atoms with Crippen LogP contribution >= 0.6 is 0 Å². The minimum atomic E-state index is 0.355. The Balaban J connectivity index is 3.87. The summed E-state index contributed by atoms with van der Waals surface area (Å²) in [5.41, 5.74) is 0.355. The molecule has 0 aliphatic carbocycles. The third-order valence-corrected chi connectivity index (χ3v) is 2.12. The Morgan fingerprint density at radius 2 is 1.60 bits per heavy atom. The molecule has 0 unspecified atom stereocenters. The summed E-state index contributed by atoms with van der Waals surface area (Å²) in [6.07, 6.45) is 1.26. The molecule has 0 aromatic heterocycles. The average molecular weight is 143 g/mol. The zero-order valence-electron chi connectivity index (χ0n) is 8.23. The van der Waals surface area contributed by atoms with Crippen molar-refractivity contribution in [2.24, 2.45) is 5.92 Å². The Morgan fingerprint density at radius 1 is 1.20 bits per heavy atom. The molecule has 0 saturated heterocycles. The van der Waals surface area contributed by atoms with E-state index in [4.69, 9.17) is 0 Å². The van der Waals surface area contributed by atoms with E-state index < -0.39 is 0 Å². The lowest BCUT2D eigenvalue weighted by Gasteiger charge is -2.34. The van der Waals surface area contributed by atoms with E-state index in [1.807, 2.05) is 0 Å². The lowest BCUT2D eigenvalue weighted by Crippen LogP contribution is -2.39. The molecule has 0 spiro atoms. The van der Waals surface area contributed by atoms with Gasteiger partial charge in [0.05, 0.1) is 0 Å². The first-order valence-corrected chi connectivity index (χ1v) is 4.03. The fourth-order valence-corrected chi connectivity index (χ4v) is 1.18. The molecule has 0 fully saturated rings. The number of hydrogen-bond donors (Lipinski definition) is 0. The number of rotatable bonds is 3. The van der Waals surface area contributed by atoms with Crippen molar-refractivity contribution in [3.8, 4) is 0 Å². The highest BCUT2D eigenvalue weighted by atomic mass is 15.1. The van der Waals surface area contributed by atoms with Crippen molar-refractivity contribution in [3.05, 3.63) is 0 Å². The maximum Gasteiger partial charge on any atom is 0.0149 e. The lowest BCUT2D eigenvalue weighted by atomic mass is 9.92. The summed E-state index contributed by atoms with van der Waals surface area (Å²) in [7, 11) is 4.28. The first-order chi connectivity index (χ1) is 4.36. The van der Waals surface area contributed by atoms with Gasteiger partial charge < -0.3 is 4.90 Å². The summed E-state index contributed by atoms with van der Waals surface area (Å²) >= 11 is 0.